The summed E-state index contributed by atoms with van der Waals surface area (Å²) in [6.07, 6.45) is -2.29. The number of rotatable bonds is 4. The number of ether oxygens (including phenoxy) is 1. The van der Waals surface area contributed by atoms with Crippen LogP contribution in [0.5, 0.6) is 5.75 Å². The maximum absolute atomic E-state index is 12.2. The first kappa shape index (κ1) is 17.3. The maximum atomic E-state index is 12.2. The Balaban J connectivity index is 1.93. The Labute approximate surface area is 141 Å². The highest BCUT2D eigenvalue weighted by Crippen LogP contribution is 2.35. The Morgan fingerprint density at radius 3 is 2.59 bits per heavy atom. The molecule has 0 aliphatic carbocycles. The lowest BCUT2D eigenvalue weighted by atomic mass is 9.94. The van der Waals surface area contributed by atoms with Gasteiger partial charge in [0.15, 0.2) is 0 Å². The summed E-state index contributed by atoms with van der Waals surface area (Å²) in [5.41, 5.74) is 0.794. The lowest BCUT2D eigenvalue weighted by Crippen LogP contribution is -2.40. The number of likely N-dealkylation sites (tertiary alicyclic amines) is 1. The molecule has 0 radical (unpaired) electrons. The Bertz CT molecular complexity index is 548. The highest BCUT2D eigenvalue weighted by atomic mass is 127. The number of piperidine rings is 1. The number of halogens is 4. The fourth-order valence-electron chi connectivity index (χ4n) is 2.53. The third-order valence-corrected chi connectivity index (χ3v) is 5.15. The standard InChI is InChI=1S/C15H16F3IN2O/c16-15(17,18)22-13-3-1-2-12(10-13)11-21-8-5-14(19,4-7-20)6-9-21/h1-3,10H,4-6,8-9,11H2. The van der Waals surface area contributed by atoms with Gasteiger partial charge < -0.3 is 4.74 Å². The van der Waals surface area contributed by atoms with Gasteiger partial charge in [-0.1, -0.05) is 34.7 Å². The van der Waals surface area contributed by atoms with Gasteiger partial charge in [0.25, 0.3) is 0 Å². The van der Waals surface area contributed by atoms with E-state index in [-0.39, 0.29) is 9.17 Å². The number of nitrogens with zero attached hydrogens (tertiary/aromatic N) is 2. The second-order valence-corrected chi connectivity index (χ2v) is 7.75. The van der Waals surface area contributed by atoms with E-state index in [1.54, 1.807) is 12.1 Å². The van der Waals surface area contributed by atoms with Crippen LogP contribution in [0.25, 0.3) is 0 Å². The van der Waals surface area contributed by atoms with Crippen molar-refractivity contribution < 1.29 is 17.9 Å². The molecule has 1 heterocycles. The third-order valence-electron chi connectivity index (χ3n) is 3.69. The third kappa shape index (κ3) is 5.32. The molecule has 0 amide bonds. The summed E-state index contributed by atoms with van der Waals surface area (Å²) in [6, 6.07) is 8.31. The van der Waals surface area contributed by atoms with Crippen LogP contribution < -0.4 is 4.74 Å². The number of hydrogen-bond acceptors (Lipinski definition) is 3. The quantitative estimate of drug-likeness (QED) is 0.535. The lowest BCUT2D eigenvalue weighted by Gasteiger charge is -2.36. The van der Waals surface area contributed by atoms with Gasteiger partial charge >= 0.3 is 6.36 Å². The largest absolute Gasteiger partial charge is 0.573 e. The van der Waals surface area contributed by atoms with Gasteiger partial charge in [0.05, 0.1) is 6.07 Å². The molecule has 0 spiro atoms. The zero-order chi connectivity index (χ0) is 16.2. The van der Waals surface area contributed by atoms with Gasteiger partial charge in [0.1, 0.15) is 5.75 Å². The van der Waals surface area contributed by atoms with Gasteiger partial charge in [-0.15, -0.1) is 13.2 Å². The minimum Gasteiger partial charge on any atom is -0.406 e. The molecule has 1 aromatic rings. The molecular weight excluding hydrogens is 408 g/mol. The Kier molecular flexibility index (Phi) is 5.55. The molecule has 0 saturated carbocycles. The molecule has 0 atom stereocenters. The zero-order valence-corrected chi connectivity index (χ0v) is 14.0. The normalized spacial score (nSPS) is 18.7. The average Bonchev–Trinajstić information content (AvgIpc) is 2.40. The van der Waals surface area contributed by atoms with E-state index in [4.69, 9.17) is 5.26 Å². The molecule has 3 nitrogen and oxygen atoms in total. The van der Waals surface area contributed by atoms with Gasteiger partial charge in [-0.05, 0) is 43.6 Å². The predicted molar refractivity (Wildman–Crippen MR) is 84.6 cm³/mol. The predicted octanol–water partition coefficient (Wildman–Crippen LogP) is 4.27. The summed E-state index contributed by atoms with van der Waals surface area (Å²) in [5.74, 6) is -0.185. The van der Waals surface area contributed by atoms with E-state index in [1.807, 2.05) is 0 Å². The Hall–Kier alpha value is -1.01. The van der Waals surface area contributed by atoms with Crippen LogP contribution in [-0.4, -0.2) is 27.8 Å². The van der Waals surface area contributed by atoms with Crippen LogP contribution in [0.3, 0.4) is 0 Å². The second kappa shape index (κ2) is 7.04. The van der Waals surface area contributed by atoms with E-state index >= 15 is 0 Å². The van der Waals surface area contributed by atoms with E-state index in [0.29, 0.717) is 13.0 Å². The summed E-state index contributed by atoms with van der Waals surface area (Å²) < 4.78 is 40.7. The highest BCUT2D eigenvalue weighted by Gasteiger charge is 2.32. The molecule has 0 N–H and O–H groups in total. The smallest absolute Gasteiger partial charge is 0.406 e. The summed E-state index contributed by atoms with van der Waals surface area (Å²) in [5, 5.41) is 8.83. The molecule has 1 aromatic carbocycles. The van der Waals surface area contributed by atoms with Crippen LogP contribution in [0.1, 0.15) is 24.8 Å². The van der Waals surface area contributed by atoms with Crippen molar-refractivity contribution in [3.8, 4) is 11.8 Å². The molecule has 0 bridgehead atoms. The fourth-order valence-corrected chi connectivity index (χ4v) is 3.18. The molecule has 2 rings (SSSR count). The lowest BCUT2D eigenvalue weighted by molar-refractivity contribution is -0.274. The molecule has 1 saturated heterocycles. The summed E-state index contributed by atoms with van der Waals surface area (Å²) in [4.78, 5) is 2.20. The number of alkyl halides is 4. The summed E-state index contributed by atoms with van der Waals surface area (Å²) >= 11 is 2.36. The van der Waals surface area contributed by atoms with Crippen LogP contribution in [0.4, 0.5) is 13.2 Å². The monoisotopic (exact) mass is 424 g/mol. The summed E-state index contributed by atoms with van der Waals surface area (Å²) in [6.45, 7) is 2.28. The van der Waals surface area contributed by atoms with Crippen LogP contribution in [-0.2, 0) is 6.54 Å². The molecule has 0 unspecified atom stereocenters. The molecule has 1 aliphatic rings. The molecule has 1 aliphatic heterocycles. The van der Waals surface area contributed by atoms with Crippen LogP contribution in [0.2, 0.25) is 0 Å². The van der Waals surface area contributed by atoms with E-state index in [0.717, 1.165) is 31.5 Å². The van der Waals surface area contributed by atoms with E-state index < -0.39 is 6.36 Å². The van der Waals surface area contributed by atoms with E-state index in [1.165, 1.54) is 12.1 Å². The first-order valence-corrected chi connectivity index (χ1v) is 8.00. The van der Waals surface area contributed by atoms with Crippen molar-refractivity contribution in [2.45, 2.75) is 35.6 Å². The van der Waals surface area contributed by atoms with Gasteiger partial charge in [-0.25, -0.2) is 0 Å². The molecular formula is C15H16F3IN2O. The molecule has 7 heteroatoms. The Morgan fingerprint density at radius 1 is 1.32 bits per heavy atom. The van der Waals surface area contributed by atoms with Crippen molar-refractivity contribution in [3.63, 3.8) is 0 Å². The first-order chi connectivity index (χ1) is 10.3. The summed E-state index contributed by atoms with van der Waals surface area (Å²) in [7, 11) is 0. The minimum atomic E-state index is -4.66. The Morgan fingerprint density at radius 2 is 2.00 bits per heavy atom. The average molecular weight is 424 g/mol. The zero-order valence-electron chi connectivity index (χ0n) is 11.9. The number of nitriles is 1. The van der Waals surface area contributed by atoms with Crippen LogP contribution in [0, 0.1) is 11.3 Å². The van der Waals surface area contributed by atoms with Gasteiger partial charge in [0.2, 0.25) is 0 Å². The van der Waals surface area contributed by atoms with Crippen molar-refractivity contribution in [1.29, 1.82) is 5.26 Å². The topological polar surface area (TPSA) is 36.3 Å². The van der Waals surface area contributed by atoms with Crippen molar-refractivity contribution >= 4 is 22.6 Å². The van der Waals surface area contributed by atoms with Crippen molar-refractivity contribution in [3.05, 3.63) is 29.8 Å². The first-order valence-electron chi connectivity index (χ1n) is 6.93. The molecule has 22 heavy (non-hydrogen) atoms. The van der Waals surface area contributed by atoms with Gasteiger partial charge in [0, 0.05) is 16.4 Å². The van der Waals surface area contributed by atoms with Gasteiger partial charge in [-0.3, -0.25) is 4.90 Å². The molecule has 1 fully saturated rings. The van der Waals surface area contributed by atoms with Crippen LogP contribution in [0.15, 0.2) is 24.3 Å². The van der Waals surface area contributed by atoms with Crippen molar-refractivity contribution in [2.75, 3.05) is 13.1 Å². The maximum Gasteiger partial charge on any atom is 0.573 e. The minimum absolute atomic E-state index is 0.0320. The fraction of sp³-hybridized carbons (Fsp3) is 0.533. The van der Waals surface area contributed by atoms with Gasteiger partial charge in [-0.2, -0.15) is 5.26 Å². The highest BCUT2D eigenvalue weighted by molar-refractivity contribution is 14.1. The molecule has 120 valence electrons. The second-order valence-electron chi connectivity index (χ2n) is 5.46. The van der Waals surface area contributed by atoms with Crippen LogP contribution >= 0.6 is 22.6 Å². The number of hydrogen-bond donors (Lipinski definition) is 0. The number of benzene rings is 1. The van der Waals surface area contributed by atoms with Crippen molar-refractivity contribution in [1.82, 2.24) is 4.90 Å². The molecule has 0 aromatic heterocycles. The van der Waals surface area contributed by atoms with E-state index in [9.17, 15) is 13.2 Å². The van der Waals surface area contributed by atoms with E-state index in [2.05, 4.69) is 38.3 Å². The van der Waals surface area contributed by atoms with Crippen molar-refractivity contribution in [2.24, 2.45) is 0 Å². The SMILES string of the molecule is N#CCC1(I)CCN(Cc2cccc(OC(F)(F)F)c2)CC1.